The van der Waals surface area contributed by atoms with Gasteiger partial charge in [-0.05, 0) is 66.1 Å². The number of benzene rings is 5. The zero-order valence-corrected chi connectivity index (χ0v) is 28.0. The molecule has 9 aromatic rings. The Labute approximate surface area is 295 Å². The maximum atomic E-state index is 7.43. The largest absolute Gasteiger partial charge is 0.309 e. The number of nitrogens with one attached hydrogen (secondary N) is 2. The van der Waals surface area contributed by atoms with Crippen LogP contribution in [0, 0.1) is 12.3 Å². The summed E-state index contributed by atoms with van der Waals surface area (Å²) < 4.78 is 4.42. The third-order valence-electron chi connectivity index (χ3n) is 9.94. The Morgan fingerprint density at radius 2 is 1.22 bits per heavy atom. The second-order valence-corrected chi connectivity index (χ2v) is 12.8. The highest BCUT2D eigenvalue weighted by molar-refractivity contribution is 6.10. The number of aryl methyl sites for hydroxylation is 1. The minimum atomic E-state index is -0.779. The van der Waals surface area contributed by atoms with Crippen LogP contribution >= 0.6 is 0 Å². The normalized spacial score (nSPS) is 12.3. The first-order valence-corrected chi connectivity index (χ1v) is 17.1. The Hall–Kier alpha value is -6.79. The van der Waals surface area contributed by atoms with Gasteiger partial charge in [0.15, 0.2) is 5.82 Å². The lowest BCUT2D eigenvalue weighted by Crippen LogP contribution is -2.32. The van der Waals surface area contributed by atoms with E-state index in [-0.39, 0.29) is 0 Å². The molecule has 0 spiro atoms. The van der Waals surface area contributed by atoms with Crippen LogP contribution in [0.15, 0.2) is 164 Å². The van der Waals surface area contributed by atoms with Gasteiger partial charge in [-0.2, -0.15) is 5.10 Å². The molecule has 0 amide bonds. The van der Waals surface area contributed by atoms with Crippen molar-refractivity contribution in [2.24, 2.45) is 0 Å². The number of fused-ring (bicyclic) bond motifs is 6. The number of hydrogen-bond acceptors (Lipinski definition) is 3. The standard InChI is InChI=1S/C45H34N6/c1-31-29-43(49-48-31)51-40-22-12-10-19-35(40)37-24-23-34(30-41(37)51)45(32-15-5-2-6-16-32,33-17-7-3-8-18-33)42-26-25-38-36-20-9-11-21-39(36)50(44(38)47-42)28-14-4-13-27-46/h2-30,46H,1H3,(H,48,49)/b13-4-,28-14+,46-27?. The molecular weight excluding hydrogens is 625 g/mol. The number of aromatic nitrogens is 5. The molecule has 0 fully saturated rings. The minimum absolute atomic E-state index is 0.779. The van der Waals surface area contributed by atoms with Gasteiger partial charge in [0.05, 0.1) is 27.7 Å². The lowest BCUT2D eigenvalue weighted by molar-refractivity contribution is 0.718. The summed E-state index contributed by atoms with van der Waals surface area (Å²) in [5.41, 5.74) is 8.60. The van der Waals surface area contributed by atoms with E-state index in [2.05, 4.69) is 160 Å². The molecule has 244 valence electrons. The number of nitrogens with zero attached hydrogens (tertiary/aromatic N) is 4. The molecule has 0 atom stereocenters. The third kappa shape index (κ3) is 4.76. The van der Waals surface area contributed by atoms with Crippen molar-refractivity contribution in [3.8, 4) is 5.82 Å². The summed E-state index contributed by atoms with van der Waals surface area (Å²) in [5.74, 6) is 0.855. The molecule has 0 aliphatic rings. The number of para-hydroxylation sites is 2. The van der Waals surface area contributed by atoms with Gasteiger partial charge in [0.1, 0.15) is 5.65 Å². The van der Waals surface area contributed by atoms with Crippen LogP contribution in [-0.4, -0.2) is 30.5 Å². The lowest BCUT2D eigenvalue weighted by Gasteiger charge is -2.36. The van der Waals surface area contributed by atoms with E-state index in [1.165, 1.54) is 11.6 Å². The van der Waals surface area contributed by atoms with Crippen LogP contribution in [-0.2, 0) is 5.41 Å². The molecule has 0 aliphatic heterocycles. The van der Waals surface area contributed by atoms with E-state index in [9.17, 15) is 0 Å². The van der Waals surface area contributed by atoms with E-state index < -0.39 is 5.41 Å². The van der Waals surface area contributed by atoms with Gasteiger partial charge in [-0.15, -0.1) is 0 Å². The maximum Gasteiger partial charge on any atom is 0.159 e. The molecule has 0 unspecified atom stereocenters. The van der Waals surface area contributed by atoms with E-state index in [0.29, 0.717) is 0 Å². The van der Waals surface area contributed by atoms with Crippen molar-refractivity contribution in [2.45, 2.75) is 12.3 Å². The highest BCUT2D eigenvalue weighted by Gasteiger charge is 2.40. The molecule has 4 aromatic heterocycles. The Balaban J connectivity index is 1.41. The molecule has 5 aromatic carbocycles. The van der Waals surface area contributed by atoms with Crippen LogP contribution in [0.1, 0.15) is 28.1 Å². The van der Waals surface area contributed by atoms with Gasteiger partial charge >= 0.3 is 0 Å². The van der Waals surface area contributed by atoms with E-state index >= 15 is 0 Å². The summed E-state index contributed by atoms with van der Waals surface area (Å²) in [4.78, 5) is 5.64. The first-order valence-electron chi connectivity index (χ1n) is 17.1. The van der Waals surface area contributed by atoms with Gasteiger partial charge in [-0.25, -0.2) is 4.98 Å². The van der Waals surface area contributed by atoms with Crippen LogP contribution in [0.4, 0.5) is 0 Å². The van der Waals surface area contributed by atoms with E-state index in [0.717, 1.165) is 72.3 Å². The lowest BCUT2D eigenvalue weighted by atomic mass is 9.67. The SMILES string of the molecule is Cc1cc(-n2c3ccccc3c3ccc(C(c4ccccc4)(c4ccccc4)c4ccc5c6ccccc6n(/C=C/C=C\C=N)c5n4)cc32)n[nH]1. The van der Waals surface area contributed by atoms with Gasteiger partial charge in [0, 0.05) is 45.7 Å². The average Bonchev–Trinajstić information content (AvgIpc) is 3.85. The molecule has 6 heteroatoms. The van der Waals surface area contributed by atoms with Crippen molar-refractivity contribution < 1.29 is 0 Å². The Morgan fingerprint density at radius 3 is 1.90 bits per heavy atom. The molecule has 0 saturated carbocycles. The van der Waals surface area contributed by atoms with Crippen LogP contribution in [0.2, 0.25) is 0 Å². The molecule has 51 heavy (non-hydrogen) atoms. The summed E-state index contributed by atoms with van der Waals surface area (Å²) in [6.45, 7) is 2.03. The quantitative estimate of drug-likeness (QED) is 0.0969. The summed E-state index contributed by atoms with van der Waals surface area (Å²) in [7, 11) is 0. The number of allylic oxidation sites excluding steroid dienone is 3. The number of rotatable bonds is 8. The first kappa shape index (κ1) is 30.3. The molecule has 6 nitrogen and oxygen atoms in total. The van der Waals surface area contributed by atoms with Gasteiger partial charge in [-0.3, -0.25) is 9.67 Å². The fraction of sp³-hybridized carbons (Fsp3) is 0.0444. The molecule has 0 saturated heterocycles. The predicted octanol–water partition coefficient (Wildman–Crippen LogP) is 10.4. The smallest absolute Gasteiger partial charge is 0.159 e. The zero-order chi connectivity index (χ0) is 34.4. The summed E-state index contributed by atoms with van der Waals surface area (Å²) in [6.07, 6.45) is 8.84. The monoisotopic (exact) mass is 658 g/mol. The summed E-state index contributed by atoms with van der Waals surface area (Å²) >= 11 is 0. The number of aromatic amines is 1. The maximum absolute atomic E-state index is 7.43. The molecular formula is C45H34N6. The van der Waals surface area contributed by atoms with Gasteiger partial charge in [-0.1, -0.05) is 115 Å². The van der Waals surface area contributed by atoms with Crippen molar-refractivity contribution in [1.82, 2.24) is 24.3 Å². The molecule has 9 rings (SSSR count). The molecule has 0 radical (unpaired) electrons. The van der Waals surface area contributed by atoms with Crippen LogP contribution in [0.25, 0.3) is 55.8 Å². The van der Waals surface area contributed by atoms with E-state index in [1.54, 1.807) is 6.08 Å². The molecule has 4 heterocycles. The topological polar surface area (TPSA) is 75.3 Å². The number of pyridine rings is 1. The van der Waals surface area contributed by atoms with Crippen molar-refractivity contribution in [1.29, 1.82) is 5.41 Å². The van der Waals surface area contributed by atoms with Crippen molar-refractivity contribution >= 4 is 56.2 Å². The zero-order valence-electron chi connectivity index (χ0n) is 28.0. The van der Waals surface area contributed by atoms with Crippen molar-refractivity contribution in [3.63, 3.8) is 0 Å². The van der Waals surface area contributed by atoms with Gasteiger partial charge < -0.3 is 9.98 Å². The molecule has 0 aliphatic carbocycles. The van der Waals surface area contributed by atoms with Gasteiger partial charge in [0.25, 0.3) is 0 Å². The number of H-pyrrole nitrogens is 1. The van der Waals surface area contributed by atoms with Crippen LogP contribution in [0.5, 0.6) is 0 Å². The minimum Gasteiger partial charge on any atom is -0.309 e. The highest BCUT2D eigenvalue weighted by atomic mass is 15.2. The third-order valence-corrected chi connectivity index (χ3v) is 9.94. The van der Waals surface area contributed by atoms with Crippen molar-refractivity contribution in [2.75, 3.05) is 0 Å². The van der Waals surface area contributed by atoms with Crippen molar-refractivity contribution in [3.05, 3.63) is 192 Å². The Bertz CT molecular complexity index is 2740. The fourth-order valence-corrected chi connectivity index (χ4v) is 7.77. The second kappa shape index (κ2) is 12.3. The predicted molar refractivity (Wildman–Crippen MR) is 210 cm³/mol. The Morgan fingerprint density at radius 1 is 0.588 bits per heavy atom. The fourth-order valence-electron chi connectivity index (χ4n) is 7.77. The van der Waals surface area contributed by atoms with Crippen LogP contribution < -0.4 is 0 Å². The van der Waals surface area contributed by atoms with Crippen LogP contribution in [0.3, 0.4) is 0 Å². The van der Waals surface area contributed by atoms with E-state index in [1.807, 2.05) is 25.3 Å². The van der Waals surface area contributed by atoms with E-state index in [4.69, 9.17) is 15.5 Å². The Kier molecular flexibility index (Phi) is 7.29. The summed E-state index contributed by atoms with van der Waals surface area (Å²) in [6, 6.07) is 51.8. The molecule has 0 bridgehead atoms. The molecule has 2 N–H and O–H groups in total. The highest BCUT2D eigenvalue weighted by Crippen LogP contribution is 2.47. The van der Waals surface area contributed by atoms with Gasteiger partial charge in [0.2, 0.25) is 0 Å². The average molecular weight is 659 g/mol. The first-order chi connectivity index (χ1) is 25.2. The second-order valence-electron chi connectivity index (χ2n) is 12.8. The summed E-state index contributed by atoms with van der Waals surface area (Å²) in [5, 5.41) is 19.9. The number of hydrogen-bond donors (Lipinski definition) is 2.